The minimum Gasteiger partial charge on any atom is -0.444 e. The fourth-order valence-corrected chi connectivity index (χ4v) is 2.72. The summed E-state index contributed by atoms with van der Waals surface area (Å²) in [6.45, 7) is 9.31. The Bertz CT molecular complexity index is 484. The largest absolute Gasteiger partial charge is 0.444 e. The molecule has 1 amide bonds. The maximum absolute atomic E-state index is 12.1. The summed E-state index contributed by atoms with van der Waals surface area (Å²) in [5.41, 5.74) is 0.805. The molecule has 1 aliphatic rings. The van der Waals surface area contributed by atoms with Gasteiger partial charge in [-0.25, -0.2) is 4.79 Å². The van der Waals surface area contributed by atoms with E-state index in [0.29, 0.717) is 18.6 Å². The number of hydrogen-bond donors (Lipinski definition) is 1. The van der Waals surface area contributed by atoms with E-state index in [1.54, 1.807) is 4.90 Å². The number of likely N-dealkylation sites (tertiary alicyclic amines) is 1. The lowest BCUT2D eigenvalue weighted by molar-refractivity contribution is 0.0290. The first-order valence-electron chi connectivity index (χ1n) is 8.03. The number of nitrogens with one attached hydrogen (secondary N) is 1. The van der Waals surface area contributed by atoms with Crippen molar-refractivity contribution >= 4 is 6.09 Å². The van der Waals surface area contributed by atoms with Gasteiger partial charge in [-0.2, -0.15) is 0 Å². The summed E-state index contributed by atoms with van der Waals surface area (Å²) < 4.78 is 5.44. The van der Waals surface area contributed by atoms with Gasteiger partial charge in [0.05, 0.1) is 0 Å². The molecule has 22 heavy (non-hydrogen) atoms. The Morgan fingerprint density at radius 2 is 2.14 bits per heavy atom. The Labute approximate surface area is 133 Å². The highest BCUT2D eigenvalue weighted by atomic mass is 16.6. The molecule has 2 heterocycles. The lowest BCUT2D eigenvalue weighted by Gasteiger charge is -2.25. The molecule has 2 rings (SSSR count). The summed E-state index contributed by atoms with van der Waals surface area (Å²) in [6.07, 6.45) is 5.39. The predicted octanol–water partition coefficient (Wildman–Crippen LogP) is 3.13. The first-order chi connectivity index (χ1) is 10.4. The molecule has 0 unspecified atom stereocenters. The number of amides is 1. The Hall–Kier alpha value is -1.62. The zero-order chi connectivity index (χ0) is 16.2. The maximum atomic E-state index is 12.1. The molecule has 1 aliphatic heterocycles. The van der Waals surface area contributed by atoms with E-state index < -0.39 is 5.60 Å². The number of aromatic nitrogens is 1. The van der Waals surface area contributed by atoms with Crippen molar-refractivity contribution in [2.24, 2.45) is 0 Å². The number of hydrogen-bond acceptors (Lipinski definition) is 4. The number of carbonyl (C=O) groups excluding carboxylic acids is 1. The summed E-state index contributed by atoms with van der Waals surface area (Å²) in [5.74, 6) is 0. The molecule has 5 nitrogen and oxygen atoms in total. The van der Waals surface area contributed by atoms with Crippen LogP contribution in [0.5, 0.6) is 0 Å². The molecule has 0 saturated carbocycles. The SMILES string of the molecule is CC[C@H](N[C@@H]1CCN(C(=O)OC(C)(C)C)C1)c1ccncc1. The van der Waals surface area contributed by atoms with Crippen LogP contribution < -0.4 is 5.32 Å². The van der Waals surface area contributed by atoms with Gasteiger partial charge in [0.25, 0.3) is 0 Å². The van der Waals surface area contributed by atoms with Crippen LogP contribution in [-0.2, 0) is 4.74 Å². The van der Waals surface area contributed by atoms with E-state index in [-0.39, 0.29) is 6.09 Å². The minimum absolute atomic E-state index is 0.214. The summed E-state index contributed by atoms with van der Waals surface area (Å²) in [7, 11) is 0. The van der Waals surface area contributed by atoms with Gasteiger partial charge >= 0.3 is 6.09 Å². The first kappa shape index (κ1) is 16.7. The molecule has 0 aromatic carbocycles. The summed E-state index contributed by atoms with van der Waals surface area (Å²) in [5, 5.41) is 3.65. The second-order valence-corrected chi connectivity index (χ2v) is 6.82. The molecule has 1 aromatic rings. The van der Waals surface area contributed by atoms with Crippen LogP contribution in [0.15, 0.2) is 24.5 Å². The van der Waals surface area contributed by atoms with Crippen molar-refractivity contribution in [1.29, 1.82) is 0 Å². The molecular formula is C17H27N3O2. The highest BCUT2D eigenvalue weighted by Crippen LogP contribution is 2.20. The van der Waals surface area contributed by atoms with E-state index in [1.807, 2.05) is 45.3 Å². The molecular weight excluding hydrogens is 278 g/mol. The fourth-order valence-electron chi connectivity index (χ4n) is 2.72. The molecule has 1 aromatic heterocycles. The van der Waals surface area contributed by atoms with E-state index in [2.05, 4.69) is 17.2 Å². The van der Waals surface area contributed by atoms with Crippen LogP contribution in [0.3, 0.4) is 0 Å². The number of carbonyl (C=O) groups is 1. The van der Waals surface area contributed by atoms with Gasteiger partial charge in [0.15, 0.2) is 0 Å². The van der Waals surface area contributed by atoms with Crippen molar-refractivity contribution in [2.75, 3.05) is 13.1 Å². The molecule has 0 bridgehead atoms. The summed E-state index contributed by atoms with van der Waals surface area (Å²) in [4.78, 5) is 18.0. The second-order valence-electron chi connectivity index (χ2n) is 6.82. The van der Waals surface area contributed by atoms with Gasteiger partial charge in [0, 0.05) is 37.6 Å². The third-order valence-electron chi connectivity index (χ3n) is 3.79. The lowest BCUT2D eigenvalue weighted by Crippen LogP contribution is -2.39. The zero-order valence-corrected chi connectivity index (χ0v) is 14.0. The minimum atomic E-state index is -0.439. The Kier molecular flexibility index (Phi) is 5.40. The number of nitrogens with zero attached hydrogens (tertiary/aromatic N) is 2. The third kappa shape index (κ3) is 4.70. The fraction of sp³-hybridized carbons (Fsp3) is 0.647. The van der Waals surface area contributed by atoms with Crippen molar-refractivity contribution in [2.45, 2.75) is 58.2 Å². The normalized spacial score (nSPS) is 20.0. The van der Waals surface area contributed by atoms with E-state index in [1.165, 1.54) is 5.56 Å². The summed E-state index contributed by atoms with van der Waals surface area (Å²) in [6, 6.07) is 4.70. The van der Waals surface area contributed by atoms with E-state index in [4.69, 9.17) is 4.74 Å². The molecule has 0 aliphatic carbocycles. The topological polar surface area (TPSA) is 54.5 Å². The first-order valence-corrected chi connectivity index (χ1v) is 8.03. The molecule has 0 spiro atoms. The third-order valence-corrected chi connectivity index (χ3v) is 3.79. The van der Waals surface area contributed by atoms with Crippen molar-refractivity contribution in [3.05, 3.63) is 30.1 Å². The number of ether oxygens (including phenoxy) is 1. The summed E-state index contributed by atoms with van der Waals surface area (Å²) >= 11 is 0. The van der Waals surface area contributed by atoms with Crippen LogP contribution in [0.25, 0.3) is 0 Å². The number of rotatable bonds is 4. The van der Waals surface area contributed by atoms with Crippen LogP contribution in [-0.4, -0.2) is 40.7 Å². The van der Waals surface area contributed by atoms with Crippen molar-refractivity contribution in [3.63, 3.8) is 0 Å². The van der Waals surface area contributed by atoms with E-state index in [9.17, 15) is 4.79 Å². The molecule has 1 N–H and O–H groups in total. The van der Waals surface area contributed by atoms with Crippen LogP contribution in [0.2, 0.25) is 0 Å². The zero-order valence-electron chi connectivity index (χ0n) is 14.0. The van der Waals surface area contributed by atoms with Gasteiger partial charge in [-0.15, -0.1) is 0 Å². The standard InChI is InChI=1S/C17H27N3O2/c1-5-15(13-6-9-18-10-7-13)19-14-8-11-20(12-14)16(21)22-17(2,3)4/h6-7,9-10,14-15,19H,5,8,11-12H2,1-4H3/t14-,15+/m1/s1. The quantitative estimate of drug-likeness (QED) is 0.928. The highest BCUT2D eigenvalue weighted by Gasteiger charge is 2.30. The van der Waals surface area contributed by atoms with E-state index >= 15 is 0 Å². The van der Waals surface area contributed by atoms with Gasteiger partial charge in [-0.05, 0) is 51.3 Å². The maximum Gasteiger partial charge on any atom is 0.410 e. The van der Waals surface area contributed by atoms with Crippen LogP contribution in [0, 0.1) is 0 Å². The Morgan fingerprint density at radius 3 is 2.73 bits per heavy atom. The molecule has 0 radical (unpaired) electrons. The van der Waals surface area contributed by atoms with Gasteiger partial charge in [0.2, 0.25) is 0 Å². The van der Waals surface area contributed by atoms with Crippen LogP contribution in [0.1, 0.15) is 52.1 Å². The molecule has 1 saturated heterocycles. The molecule has 1 fully saturated rings. The average molecular weight is 305 g/mol. The lowest BCUT2D eigenvalue weighted by atomic mass is 10.0. The van der Waals surface area contributed by atoms with Gasteiger partial charge in [-0.3, -0.25) is 4.98 Å². The average Bonchev–Trinajstić information content (AvgIpc) is 2.92. The Morgan fingerprint density at radius 1 is 1.45 bits per heavy atom. The molecule has 5 heteroatoms. The smallest absolute Gasteiger partial charge is 0.410 e. The number of pyridine rings is 1. The van der Waals surface area contributed by atoms with E-state index in [0.717, 1.165) is 19.4 Å². The van der Waals surface area contributed by atoms with Crippen molar-refractivity contribution in [3.8, 4) is 0 Å². The Balaban J connectivity index is 1.89. The predicted molar refractivity (Wildman–Crippen MR) is 86.6 cm³/mol. The van der Waals surface area contributed by atoms with Crippen molar-refractivity contribution < 1.29 is 9.53 Å². The van der Waals surface area contributed by atoms with Crippen LogP contribution >= 0.6 is 0 Å². The molecule has 2 atom stereocenters. The van der Waals surface area contributed by atoms with Crippen LogP contribution in [0.4, 0.5) is 4.79 Å². The second kappa shape index (κ2) is 7.09. The highest BCUT2D eigenvalue weighted by molar-refractivity contribution is 5.68. The van der Waals surface area contributed by atoms with Gasteiger partial charge in [-0.1, -0.05) is 6.92 Å². The van der Waals surface area contributed by atoms with Gasteiger partial charge < -0.3 is 15.0 Å². The monoisotopic (exact) mass is 305 g/mol. The van der Waals surface area contributed by atoms with Crippen molar-refractivity contribution in [1.82, 2.24) is 15.2 Å². The molecule has 122 valence electrons. The van der Waals surface area contributed by atoms with Gasteiger partial charge in [0.1, 0.15) is 5.60 Å².